The van der Waals surface area contributed by atoms with Crippen LogP contribution in [0.1, 0.15) is 36.1 Å². The SMILES string of the molecule is Cc1nccc(N2CC[C@@H](c3ccc(N4CCNCC4)nc3)[C@@H](C)C2)c1C=P. The number of hydrogen-bond donors (Lipinski definition) is 1. The van der Waals surface area contributed by atoms with Gasteiger partial charge in [0.05, 0.1) is 0 Å². The van der Waals surface area contributed by atoms with E-state index in [1.54, 1.807) is 0 Å². The molecule has 0 spiro atoms. The van der Waals surface area contributed by atoms with E-state index in [-0.39, 0.29) is 0 Å². The van der Waals surface area contributed by atoms with Gasteiger partial charge in [-0.1, -0.05) is 13.0 Å². The number of aryl methyl sites for hydroxylation is 1. The maximum atomic E-state index is 4.79. The number of piperidine rings is 1. The van der Waals surface area contributed by atoms with Crippen LogP contribution in [0.25, 0.3) is 0 Å². The monoisotopic (exact) mass is 395 g/mol. The summed E-state index contributed by atoms with van der Waals surface area (Å²) < 4.78 is 0. The van der Waals surface area contributed by atoms with Gasteiger partial charge in [-0.2, -0.15) is 0 Å². The zero-order valence-electron chi connectivity index (χ0n) is 16.9. The Bertz CT molecular complexity index is 816. The summed E-state index contributed by atoms with van der Waals surface area (Å²) in [6.45, 7) is 10.7. The summed E-state index contributed by atoms with van der Waals surface area (Å²) >= 11 is 0. The molecule has 2 aromatic rings. The van der Waals surface area contributed by atoms with Crippen molar-refractivity contribution in [3.63, 3.8) is 0 Å². The molecule has 1 N–H and O–H groups in total. The molecule has 2 atom stereocenters. The van der Waals surface area contributed by atoms with Crippen molar-refractivity contribution in [2.45, 2.75) is 26.2 Å². The van der Waals surface area contributed by atoms with Crippen molar-refractivity contribution in [3.05, 3.63) is 47.4 Å². The molecule has 148 valence electrons. The molecule has 0 saturated carbocycles. The summed E-state index contributed by atoms with van der Waals surface area (Å²) in [5.41, 5.74) is 4.91. The summed E-state index contributed by atoms with van der Waals surface area (Å²) in [5, 5.41) is 3.40. The maximum absolute atomic E-state index is 4.79. The fourth-order valence-electron chi connectivity index (χ4n) is 4.58. The fourth-order valence-corrected chi connectivity index (χ4v) is 4.93. The first kappa shape index (κ1) is 19.4. The lowest BCUT2D eigenvalue weighted by atomic mass is 9.82. The molecule has 0 unspecified atom stereocenters. The zero-order chi connectivity index (χ0) is 19.5. The molecule has 0 amide bonds. The van der Waals surface area contributed by atoms with Gasteiger partial charge in [-0.25, -0.2) is 4.98 Å². The molecule has 0 aliphatic carbocycles. The Labute approximate surface area is 170 Å². The number of piperazine rings is 1. The van der Waals surface area contributed by atoms with E-state index in [2.05, 4.69) is 67.2 Å². The summed E-state index contributed by atoms with van der Waals surface area (Å²) in [7, 11) is 3.57. The van der Waals surface area contributed by atoms with Crippen LogP contribution in [-0.4, -0.2) is 55.0 Å². The minimum Gasteiger partial charge on any atom is -0.371 e. The molecule has 2 aliphatic rings. The number of rotatable bonds is 4. The van der Waals surface area contributed by atoms with Gasteiger partial charge in [0.2, 0.25) is 0 Å². The minimum absolute atomic E-state index is 0.569. The second-order valence-corrected chi connectivity index (χ2v) is 8.27. The highest BCUT2D eigenvalue weighted by Crippen LogP contribution is 2.36. The largest absolute Gasteiger partial charge is 0.371 e. The Morgan fingerprint density at radius 3 is 2.61 bits per heavy atom. The lowest BCUT2D eigenvalue weighted by molar-refractivity contribution is 0.383. The average Bonchev–Trinajstić information content (AvgIpc) is 2.74. The van der Waals surface area contributed by atoms with Crippen molar-refractivity contribution >= 4 is 26.2 Å². The van der Waals surface area contributed by atoms with E-state index in [1.165, 1.54) is 16.8 Å². The molecule has 0 aromatic carbocycles. The van der Waals surface area contributed by atoms with Gasteiger partial charge in [-0.05, 0) is 48.7 Å². The number of nitrogens with zero attached hydrogens (tertiary/aromatic N) is 4. The van der Waals surface area contributed by atoms with Crippen molar-refractivity contribution in [1.82, 2.24) is 15.3 Å². The molecule has 2 saturated heterocycles. The van der Waals surface area contributed by atoms with E-state index in [4.69, 9.17) is 4.98 Å². The molecule has 2 fully saturated rings. The predicted molar refractivity (Wildman–Crippen MR) is 121 cm³/mol. The van der Waals surface area contributed by atoms with Crippen molar-refractivity contribution in [1.29, 1.82) is 0 Å². The summed E-state index contributed by atoms with van der Waals surface area (Å²) in [6.07, 6.45) is 5.18. The molecule has 4 heterocycles. The van der Waals surface area contributed by atoms with Crippen LogP contribution in [0.3, 0.4) is 0 Å². The van der Waals surface area contributed by atoms with Crippen LogP contribution in [0.2, 0.25) is 0 Å². The highest BCUT2D eigenvalue weighted by Gasteiger charge is 2.29. The average molecular weight is 395 g/mol. The van der Waals surface area contributed by atoms with E-state index < -0.39 is 0 Å². The van der Waals surface area contributed by atoms with Crippen molar-refractivity contribution in [2.24, 2.45) is 5.92 Å². The molecule has 2 aromatic heterocycles. The van der Waals surface area contributed by atoms with Gasteiger partial charge in [0.25, 0.3) is 0 Å². The molecular formula is C22H30N5P. The first-order chi connectivity index (χ1) is 13.7. The minimum atomic E-state index is 0.569. The van der Waals surface area contributed by atoms with E-state index in [0.717, 1.165) is 57.2 Å². The summed E-state index contributed by atoms with van der Waals surface area (Å²) in [4.78, 5) is 14.1. The van der Waals surface area contributed by atoms with E-state index >= 15 is 0 Å². The lowest BCUT2D eigenvalue weighted by Gasteiger charge is -2.39. The molecular weight excluding hydrogens is 365 g/mol. The first-order valence-corrected chi connectivity index (χ1v) is 10.9. The lowest BCUT2D eigenvalue weighted by Crippen LogP contribution is -2.43. The molecule has 5 nitrogen and oxygen atoms in total. The summed E-state index contributed by atoms with van der Waals surface area (Å²) in [6, 6.07) is 6.65. The van der Waals surface area contributed by atoms with Crippen molar-refractivity contribution < 1.29 is 0 Å². The smallest absolute Gasteiger partial charge is 0.128 e. The zero-order valence-corrected chi connectivity index (χ0v) is 17.9. The Morgan fingerprint density at radius 1 is 1.11 bits per heavy atom. The van der Waals surface area contributed by atoms with Gasteiger partial charge in [-0.3, -0.25) is 4.98 Å². The number of nitrogens with one attached hydrogen (secondary N) is 1. The van der Waals surface area contributed by atoms with Gasteiger partial charge < -0.3 is 15.1 Å². The van der Waals surface area contributed by atoms with Crippen LogP contribution in [0.5, 0.6) is 0 Å². The first-order valence-electron chi connectivity index (χ1n) is 10.3. The van der Waals surface area contributed by atoms with E-state index in [9.17, 15) is 0 Å². The van der Waals surface area contributed by atoms with Crippen molar-refractivity contribution in [2.75, 3.05) is 49.1 Å². The number of hydrogen-bond acceptors (Lipinski definition) is 5. The van der Waals surface area contributed by atoms with Crippen LogP contribution in [0.15, 0.2) is 30.6 Å². The third-order valence-electron chi connectivity index (χ3n) is 6.20. The van der Waals surface area contributed by atoms with E-state index in [0.29, 0.717) is 11.8 Å². The van der Waals surface area contributed by atoms with Gasteiger partial charge in [0.15, 0.2) is 0 Å². The standard InChI is InChI=1S/C22H30N5P/c1-16-14-27(21-5-7-24-17(2)20(21)15-28)10-6-19(16)18-3-4-22(25-13-18)26-11-8-23-9-12-26/h3-5,7,13,15-16,19,23,28H,6,8-12,14H2,1-2H3/t16-,19+/m0/s1. The number of anilines is 2. The van der Waals surface area contributed by atoms with Crippen LogP contribution in [0.4, 0.5) is 11.5 Å². The van der Waals surface area contributed by atoms with Crippen LogP contribution in [-0.2, 0) is 0 Å². The number of pyridine rings is 2. The molecule has 0 radical (unpaired) electrons. The Balaban J connectivity index is 1.46. The fraction of sp³-hybridized carbons (Fsp3) is 0.500. The molecule has 2 aliphatic heterocycles. The van der Waals surface area contributed by atoms with Crippen LogP contribution < -0.4 is 15.1 Å². The molecule has 6 heteroatoms. The second-order valence-electron chi connectivity index (χ2n) is 7.98. The van der Waals surface area contributed by atoms with E-state index in [1.807, 2.05) is 12.0 Å². The third-order valence-corrected chi connectivity index (χ3v) is 6.49. The summed E-state index contributed by atoms with van der Waals surface area (Å²) in [5.74, 6) is 4.25. The van der Waals surface area contributed by atoms with Crippen LogP contribution >= 0.6 is 8.86 Å². The topological polar surface area (TPSA) is 44.3 Å². The Hall–Kier alpha value is -1.97. The maximum Gasteiger partial charge on any atom is 0.128 e. The molecule has 0 bridgehead atoms. The molecule has 4 rings (SSSR count). The quantitative estimate of drug-likeness (QED) is 0.806. The van der Waals surface area contributed by atoms with Crippen molar-refractivity contribution in [3.8, 4) is 0 Å². The van der Waals surface area contributed by atoms with Gasteiger partial charge in [0, 0.05) is 68.6 Å². The third kappa shape index (κ3) is 3.92. The number of aromatic nitrogens is 2. The van der Waals surface area contributed by atoms with Gasteiger partial charge in [-0.15, -0.1) is 8.86 Å². The highest BCUT2D eigenvalue weighted by atomic mass is 31.0. The Kier molecular flexibility index (Phi) is 5.93. The Morgan fingerprint density at radius 2 is 1.93 bits per heavy atom. The predicted octanol–water partition coefficient (Wildman–Crippen LogP) is 3.12. The second kappa shape index (κ2) is 8.59. The van der Waals surface area contributed by atoms with Crippen LogP contribution in [0, 0.1) is 12.8 Å². The highest BCUT2D eigenvalue weighted by molar-refractivity contribution is 7.19. The molecule has 28 heavy (non-hydrogen) atoms. The van der Waals surface area contributed by atoms with Gasteiger partial charge >= 0.3 is 0 Å². The normalized spacial score (nSPS) is 22.9. The van der Waals surface area contributed by atoms with Gasteiger partial charge in [0.1, 0.15) is 5.82 Å².